The Morgan fingerprint density at radius 1 is 1.00 bits per heavy atom. The van der Waals surface area contributed by atoms with Gasteiger partial charge in [-0.15, -0.1) is 0 Å². The van der Waals surface area contributed by atoms with Crippen molar-refractivity contribution in [3.05, 3.63) is 0 Å². The van der Waals surface area contributed by atoms with Crippen molar-refractivity contribution in [2.45, 2.75) is 58.2 Å². The Morgan fingerprint density at radius 3 is 1.67 bits per heavy atom. The van der Waals surface area contributed by atoms with Crippen molar-refractivity contribution in [3.8, 4) is 10.8 Å². The van der Waals surface area contributed by atoms with Crippen LogP contribution in [0.15, 0.2) is 0 Å². The molecule has 0 unspecified atom stereocenters. The molecule has 0 aromatic heterocycles. The van der Waals surface area contributed by atoms with E-state index in [0.717, 1.165) is 0 Å². The largest absolute Gasteiger partial charge is 0.405 e. The lowest BCUT2D eigenvalue weighted by Crippen LogP contribution is -2.47. The molecule has 0 fully saturated rings. The van der Waals surface area contributed by atoms with E-state index in [-0.39, 0.29) is 0 Å². The summed E-state index contributed by atoms with van der Waals surface area (Å²) in [6.45, 7) is 14.3. The monoisotopic (exact) mass is 290 g/mol. The summed E-state index contributed by atoms with van der Waals surface area (Å²) in [6, 6.07) is 0. The highest BCUT2D eigenvalue weighted by Gasteiger charge is 2.44. The van der Waals surface area contributed by atoms with E-state index in [0.29, 0.717) is 23.2 Å². The molecule has 0 rings (SSSR count). The zero-order valence-corrected chi connectivity index (χ0v) is 13.3. The van der Waals surface area contributed by atoms with Gasteiger partial charge in [-0.3, -0.25) is 0 Å². The first-order valence-electron chi connectivity index (χ1n) is 5.62. The molecule has 0 saturated heterocycles. The Bertz CT molecular complexity index is 216. The van der Waals surface area contributed by atoms with Crippen LogP contribution in [0.3, 0.4) is 0 Å². The van der Waals surface area contributed by atoms with Gasteiger partial charge in [-0.05, 0) is 21.5 Å². The van der Waals surface area contributed by atoms with Gasteiger partial charge in [0.25, 0.3) is 0 Å². The van der Waals surface area contributed by atoms with E-state index in [9.17, 15) is 0 Å². The van der Waals surface area contributed by atoms with E-state index in [4.69, 9.17) is 4.43 Å². The third kappa shape index (κ3) is 3.62. The van der Waals surface area contributed by atoms with E-state index in [2.05, 4.69) is 68.2 Å². The summed E-state index contributed by atoms with van der Waals surface area (Å²) < 4.78 is 6.19. The second-order valence-electron chi connectivity index (χ2n) is 4.88. The standard InChI is InChI=1S/C12H23BrOSi/c1-10(2)15(11(3)4,12(5)6)14-9-7-8-13/h10-12H,9H2,1-6H3. The van der Waals surface area contributed by atoms with Crippen molar-refractivity contribution in [2.75, 3.05) is 6.61 Å². The van der Waals surface area contributed by atoms with Gasteiger partial charge in [0.15, 0.2) is 0 Å². The summed E-state index contributed by atoms with van der Waals surface area (Å²) in [4.78, 5) is 2.72. The topological polar surface area (TPSA) is 9.23 Å². The van der Waals surface area contributed by atoms with Gasteiger partial charge in [-0.2, -0.15) is 0 Å². The predicted octanol–water partition coefficient (Wildman–Crippen LogP) is 4.53. The van der Waals surface area contributed by atoms with E-state index in [1.54, 1.807) is 0 Å². The lowest BCUT2D eigenvalue weighted by Gasteiger charge is -2.41. The number of hydrogen-bond acceptors (Lipinski definition) is 1. The van der Waals surface area contributed by atoms with Crippen molar-refractivity contribution in [2.24, 2.45) is 0 Å². The fourth-order valence-corrected chi connectivity index (χ4v) is 8.12. The highest BCUT2D eigenvalue weighted by atomic mass is 79.9. The molecule has 0 radical (unpaired) electrons. The van der Waals surface area contributed by atoms with E-state index >= 15 is 0 Å². The fraction of sp³-hybridized carbons (Fsp3) is 0.833. The summed E-state index contributed by atoms with van der Waals surface area (Å²) in [5.41, 5.74) is 1.90. The molecule has 0 atom stereocenters. The van der Waals surface area contributed by atoms with Gasteiger partial charge in [-0.25, -0.2) is 0 Å². The Hall–Kier alpha value is 0.217. The van der Waals surface area contributed by atoms with Crippen molar-refractivity contribution in [1.82, 2.24) is 0 Å². The minimum Gasteiger partial charge on any atom is -0.405 e. The summed E-state index contributed by atoms with van der Waals surface area (Å²) >= 11 is 3.10. The van der Waals surface area contributed by atoms with E-state index in [1.165, 1.54) is 0 Å². The molecule has 0 aliphatic carbocycles. The van der Waals surface area contributed by atoms with E-state index in [1.807, 2.05) is 0 Å². The Kier molecular flexibility index (Phi) is 6.82. The Labute approximate surface area is 104 Å². The maximum Gasteiger partial charge on any atom is 0.201 e. The van der Waals surface area contributed by atoms with Crippen LogP contribution in [-0.4, -0.2) is 14.9 Å². The van der Waals surface area contributed by atoms with Crippen molar-refractivity contribution in [1.29, 1.82) is 0 Å². The maximum atomic E-state index is 6.19. The molecule has 0 saturated carbocycles. The van der Waals surface area contributed by atoms with Crippen molar-refractivity contribution in [3.63, 3.8) is 0 Å². The van der Waals surface area contributed by atoms with Crippen molar-refractivity contribution < 1.29 is 4.43 Å². The van der Waals surface area contributed by atoms with Crippen LogP contribution in [0.2, 0.25) is 16.6 Å². The molecule has 1 nitrogen and oxygen atoms in total. The molecule has 0 aromatic rings. The smallest absolute Gasteiger partial charge is 0.201 e. The summed E-state index contributed by atoms with van der Waals surface area (Å²) in [5.74, 6) is 2.95. The van der Waals surface area contributed by atoms with Gasteiger partial charge in [0, 0.05) is 15.9 Å². The van der Waals surface area contributed by atoms with Crippen LogP contribution >= 0.6 is 15.9 Å². The highest BCUT2D eigenvalue weighted by molar-refractivity contribution is 9.12. The SMILES string of the molecule is CC(C)[Si](OCC#CBr)(C(C)C)C(C)C. The normalized spacial score (nSPS) is 12.1. The minimum atomic E-state index is -1.69. The molecule has 3 heteroatoms. The zero-order chi connectivity index (χ0) is 12.1. The molecule has 88 valence electrons. The Balaban J connectivity index is 4.85. The third-order valence-electron chi connectivity index (χ3n) is 3.17. The summed E-state index contributed by atoms with van der Waals surface area (Å²) in [6.07, 6.45) is 0. The van der Waals surface area contributed by atoms with Crippen LogP contribution in [0.5, 0.6) is 0 Å². The molecule has 0 N–H and O–H groups in total. The van der Waals surface area contributed by atoms with Gasteiger partial charge in [0.1, 0.15) is 0 Å². The molecule has 0 aromatic carbocycles. The second kappa shape index (κ2) is 6.73. The fourth-order valence-electron chi connectivity index (χ4n) is 2.69. The summed E-state index contributed by atoms with van der Waals surface area (Å²) in [5, 5.41) is 0. The van der Waals surface area contributed by atoms with Gasteiger partial charge in [0.2, 0.25) is 8.32 Å². The van der Waals surface area contributed by atoms with Gasteiger partial charge < -0.3 is 4.43 Å². The van der Waals surface area contributed by atoms with Crippen molar-refractivity contribution >= 4 is 24.2 Å². The first-order chi connectivity index (χ1) is 6.89. The molecular formula is C12H23BrOSi. The molecule has 0 amide bonds. The average molecular weight is 291 g/mol. The lowest BCUT2D eigenvalue weighted by atomic mass is 10.5. The quantitative estimate of drug-likeness (QED) is 0.534. The highest BCUT2D eigenvalue weighted by Crippen LogP contribution is 2.41. The minimum absolute atomic E-state index is 0.562. The predicted molar refractivity (Wildman–Crippen MR) is 73.7 cm³/mol. The first kappa shape index (κ1) is 15.2. The first-order valence-corrected chi connectivity index (χ1v) is 8.55. The molecule has 15 heavy (non-hydrogen) atoms. The summed E-state index contributed by atoms with van der Waals surface area (Å²) in [7, 11) is -1.69. The second-order valence-corrected chi connectivity index (χ2v) is 10.7. The van der Waals surface area contributed by atoms with Crippen LogP contribution in [0.1, 0.15) is 41.5 Å². The van der Waals surface area contributed by atoms with Crippen LogP contribution in [0, 0.1) is 10.8 Å². The lowest BCUT2D eigenvalue weighted by molar-refractivity contribution is 0.322. The zero-order valence-electron chi connectivity index (χ0n) is 10.7. The van der Waals surface area contributed by atoms with Gasteiger partial charge >= 0.3 is 0 Å². The van der Waals surface area contributed by atoms with Crippen LogP contribution in [-0.2, 0) is 4.43 Å². The molecule has 0 heterocycles. The van der Waals surface area contributed by atoms with Crippen LogP contribution < -0.4 is 0 Å². The van der Waals surface area contributed by atoms with E-state index < -0.39 is 8.32 Å². The van der Waals surface area contributed by atoms with Gasteiger partial charge in [0.05, 0.1) is 6.61 Å². The molecule has 0 spiro atoms. The number of halogens is 1. The molecule has 0 aliphatic rings. The maximum absolute atomic E-state index is 6.19. The van der Waals surface area contributed by atoms with Crippen LogP contribution in [0.25, 0.3) is 0 Å². The number of rotatable bonds is 5. The third-order valence-corrected chi connectivity index (χ3v) is 9.51. The molecule has 0 bridgehead atoms. The average Bonchev–Trinajstić information content (AvgIpc) is 2.10. The number of hydrogen-bond donors (Lipinski definition) is 0. The molecular weight excluding hydrogens is 268 g/mol. The Morgan fingerprint density at radius 2 is 1.40 bits per heavy atom. The van der Waals surface area contributed by atoms with Gasteiger partial charge in [-0.1, -0.05) is 47.5 Å². The van der Waals surface area contributed by atoms with Crippen LogP contribution in [0.4, 0.5) is 0 Å². The molecule has 0 aliphatic heterocycles.